The molecule has 0 spiro atoms. The Labute approximate surface area is 513 Å². The van der Waals surface area contributed by atoms with E-state index in [0.29, 0.717) is 62.1 Å². The number of aryl methyl sites for hydroxylation is 2. The number of amides is 2. The molecule has 2 fully saturated rings. The molecule has 464 valence electrons. The first kappa shape index (κ1) is 67.8. The monoisotopic (exact) mass is 1310 g/mol. The number of carbonyl (C=O) groups excluding carboxylic acids is 2. The van der Waals surface area contributed by atoms with Crippen molar-refractivity contribution in [2.45, 2.75) is 78.9 Å². The van der Waals surface area contributed by atoms with Gasteiger partial charge in [0.15, 0.2) is 0 Å². The number of phenols is 1. The number of halogens is 3. The summed E-state index contributed by atoms with van der Waals surface area (Å²) in [5.74, 6) is -1.84. The molecule has 87 heavy (non-hydrogen) atoms. The highest BCUT2D eigenvalue weighted by molar-refractivity contribution is 9.09. The molecule has 31 heteroatoms. The zero-order chi connectivity index (χ0) is 61.2. The number of rotatable bonds is 20. The second-order valence-electron chi connectivity index (χ2n) is 19.1. The van der Waals surface area contributed by atoms with E-state index >= 15 is 0 Å². The lowest BCUT2D eigenvalue weighted by atomic mass is 10.1. The first-order chi connectivity index (χ1) is 40.9. The highest BCUT2D eigenvalue weighted by atomic mass is 79.9. The van der Waals surface area contributed by atoms with Crippen LogP contribution in [0.15, 0.2) is 80.4 Å². The Balaban J connectivity index is 0.000000257. The molecule has 8 heterocycles. The average molecular weight is 1310 g/mol. The van der Waals surface area contributed by atoms with Gasteiger partial charge in [0.2, 0.25) is 11.8 Å². The average Bonchev–Trinajstić information content (AvgIpc) is 1.65. The SMILES string of the molecule is C.C.COCCO[C@@H](Cn1c(=O)n([C@H]2CCN(C)C2=O)c(=O)c2c(C)c(-n3nccn3)sc21)c1cc(F)ccc1O.N#CCBr.[C-]#[N+]COc1ccc(F)cc1[C@H](Cn1c(=O)n([C@H]2CCN(C)C2=O)c(=O)c2c(C)c(-n3nccn3)sc21)OCCOC. The van der Waals surface area contributed by atoms with Crippen LogP contribution in [0, 0.1) is 43.4 Å². The lowest BCUT2D eigenvalue weighted by Gasteiger charge is -2.23. The Kier molecular flexibility index (Phi) is 23.7. The first-order valence-electron chi connectivity index (χ1n) is 26.1. The van der Waals surface area contributed by atoms with E-state index in [1.54, 1.807) is 27.9 Å². The van der Waals surface area contributed by atoms with Gasteiger partial charge in [-0.2, -0.15) is 25.7 Å². The van der Waals surface area contributed by atoms with Crippen LogP contribution in [0.3, 0.4) is 0 Å². The minimum atomic E-state index is -0.988. The maximum atomic E-state index is 14.5. The fourth-order valence-corrected chi connectivity index (χ4v) is 12.3. The van der Waals surface area contributed by atoms with Crippen LogP contribution in [0.2, 0.25) is 0 Å². The summed E-state index contributed by atoms with van der Waals surface area (Å²) in [6.45, 7) is 11.3. The number of hydrogen-bond acceptors (Lipinski definition) is 19. The third kappa shape index (κ3) is 14.3. The molecule has 2 aliphatic rings. The van der Waals surface area contributed by atoms with Crippen molar-refractivity contribution in [2.24, 2.45) is 0 Å². The summed E-state index contributed by atoms with van der Waals surface area (Å²) in [5.41, 5.74) is -1.10. The highest BCUT2D eigenvalue weighted by Crippen LogP contribution is 2.37. The number of aromatic hydroxyl groups is 1. The predicted octanol–water partition coefficient (Wildman–Crippen LogP) is 6.26. The second-order valence-corrected chi connectivity index (χ2v) is 21.7. The molecule has 0 bridgehead atoms. The minimum Gasteiger partial charge on any atom is -0.508 e. The number of alkyl halides is 1. The number of likely N-dealkylation sites (N-methyl/N-ethyl adjacent to an activating group) is 2. The Bertz CT molecular complexity index is 4060. The summed E-state index contributed by atoms with van der Waals surface area (Å²) in [7, 11) is 6.24. The molecule has 26 nitrogen and oxygen atoms in total. The van der Waals surface area contributed by atoms with Crippen LogP contribution in [-0.2, 0) is 41.6 Å². The van der Waals surface area contributed by atoms with Gasteiger partial charge in [0.05, 0.1) is 86.5 Å². The van der Waals surface area contributed by atoms with Gasteiger partial charge in [0, 0.05) is 63.7 Å². The summed E-state index contributed by atoms with van der Waals surface area (Å²) in [5, 5.41) is 36.8. The fourth-order valence-electron chi connectivity index (χ4n) is 9.84. The largest absolute Gasteiger partial charge is 0.508 e. The quantitative estimate of drug-likeness (QED) is 0.0500. The lowest BCUT2D eigenvalue weighted by Crippen LogP contribution is -2.44. The zero-order valence-corrected chi connectivity index (χ0v) is 49.9. The minimum absolute atomic E-state index is 0. The first-order valence-corrected chi connectivity index (χ1v) is 28.8. The molecule has 0 unspecified atom stereocenters. The van der Waals surface area contributed by atoms with Crippen molar-refractivity contribution < 1.29 is 47.2 Å². The number of ether oxygens (including phenoxy) is 5. The molecule has 2 aliphatic heterocycles. The molecular weight excluding hydrogens is 1240 g/mol. The number of likely N-dealkylation sites (tertiary alicyclic amines) is 2. The topological polar surface area (TPSA) is 285 Å². The third-order valence-electron chi connectivity index (χ3n) is 14.0. The number of benzene rings is 2. The Hall–Kier alpha value is -8.30. The van der Waals surface area contributed by atoms with E-state index in [2.05, 4.69) is 41.2 Å². The number of thiophene rings is 2. The summed E-state index contributed by atoms with van der Waals surface area (Å²) in [6.07, 6.45) is 4.62. The lowest BCUT2D eigenvalue weighted by molar-refractivity contribution is -0.130. The van der Waals surface area contributed by atoms with E-state index in [1.165, 1.54) is 91.8 Å². The molecule has 0 saturated carbocycles. The van der Waals surface area contributed by atoms with E-state index in [0.717, 1.165) is 43.9 Å². The Morgan fingerprint density at radius 1 is 0.713 bits per heavy atom. The van der Waals surface area contributed by atoms with Crippen molar-refractivity contribution in [2.75, 3.05) is 79.9 Å². The number of carbonyl (C=O) groups is 2. The molecule has 2 amide bonds. The molecule has 6 aromatic heterocycles. The number of aromatic nitrogens is 10. The Morgan fingerprint density at radius 2 is 1.13 bits per heavy atom. The van der Waals surface area contributed by atoms with Crippen molar-refractivity contribution in [3.8, 4) is 27.6 Å². The van der Waals surface area contributed by atoms with Gasteiger partial charge in [-0.05, 0) is 63.1 Å². The Morgan fingerprint density at radius 3 is 1.52 bits per heavy atom. The number of nitrogens with zero attached hydrogens (tertiary/aromatic N) is 14. The maximum Gasteiger partial charge on any atom is 0.357 e. The highest BCUT2D eigenvalue weighted by Gasteiger charge is 2.37. The van der Waals surface area contributed by atoms with Crippen molar-refractivity contribution >= 4 is 70.9 Å². The van der Waals surface area contributed by atoms with Gasteiger partial charge in [0.25, 0.3) is 11.1 Å². The number of nitriles is 1. The van der Waals surface area contributed by atoms with E-state index in [9.17, 15) is 42.7 Å². The smallest absolute Gasteiger partial charge is 0.357 e. The number of fused-ring (bicyclic) bond motifs is 2. The van der Waals surface area contributed by atoms with E-state index in [4.69, 9.17) is 35.5 Å². The second kappa shape index (κ2) is 30.4. The summed E-state index contributed by atoms with van der Waals surface area (Å²) < 4.78 is 61.3. The molecule has 8 aromatic rings. The van der Waals surface area contributed by atoms with Crippen molar-refractivity contribution in [1.29, 1.82) is 5.26 Å². The molecule has 4 atom stereocenters. The third-order valence-corrected chi connectivity index (χ3v) is 16.8. The van der Waals surface area contributed by atoms with Gasteiger partial charge >= 0.3 is 18.1 Å². The maximum absolute atomic E-state index is 14.5. The van der Waals surface area contributed by atoms with Gasteiger partial charge in [-0.3, -0.25) is 33.2 Å². The van der Waals surface area contributed by atoms with Crippen LogP contribution >= 0.6 is 38.6 Å². The summed E-state index contributed by atoms with van der Waals surface area (Å²) in [4.78, 5) is 91.4. The molecule has 0 radical (unpaired) electrons. The van der Waals surface area contributed by atoms with Crippen LogP contribution < -0.4 is 27.2 Å². The van der Waals surface area contributed by atoms with Gasteiger partial charge < -0.3 is 38.6 Å². The molecular formula is C56H65BrF2N14O12S2. The number of phenolic OH excluding ortho intramolecular Hbond substituents is 1. The van der Waals surface area contributed by atoms with Crippen LogP contribution in [0.5, 0.6) is 11.5 Å². The van der Waals surface area contributed by atoms with E-state index < -0.39 is 58.4 Å². The van der Waals surface area contributed by atoms with Gasteiger partial charge in [-0.1, -0.05) is 53.5 Å². The molecule has 10 rings (SSSR count). The van der Waals surface area contributed by atoms with Crippen molar-refractivity contribution in [1.82, 2.24) is 58.1 Å². The molecule has 0 aliphatic carbocycles. The van der Waals surface area contributed by atoms with Crippen molar-refractivity contribution in [3.05, 3.63) is 148 Å². The molecule has 2 aromatic carbocycles. The van der Waals surface area contributed by atoms with Crippen molar-refractivity contribution in [3.63, 3.8) is 0 Å². The van der Waals surface area contributed by atoms with Crippen LogP contribution in [-0.4, -0.2) is 155 Å². The van der Waals surface area contributed by atoms with Gasteiger partial charge in [0.1, 0.15) is 67.1 Å². The fraction of sp³-hybridized carbons (Fsp3) is 0.429. The summed E-state index contributed by atoms with van der Waals surface area (Å²) >= 11 is 5.17. The normalized spacial score (nSPS) is 15.3. The molecule has 1 N–H and O–H groups in total. The number of hydrogen-bond donors (Lipinski definition) is 1. The van der Waals surface area contributed by atoms with Gasteiger partial charge in [-0.25, -0.2) is 34.1 Å². The molecule has 2 saturated heterocycles. The van der Waals surface area contributed by atoms with Crippen LogP contribution in [0.1, 0.15) is 74.2 Å². The van der Waals surface area contributed by atoms with E-state index in [1.807, 2.05) is 6.07 Å². The van der Waals surface area contributed by atoms with Gasteiger partial charge in [-0.15, -0.1) is 9.59 Å². The standard InChI is InChI=1S/C27H28FN7O6S.C25H27FN6O6S.C2H2BrN.2CH4/c1-16-22-24(37)34(19-7-10-32(3)23(19)36)27(38)33(26(22)42-25(16)35-30-8-9-31-35)14-21(40-12-11-39-4)18-13-17(28)5-6-20(18)41-15-29-2;1-14-20-22(35)31(17-6-9-29(2)21(17)34)25(36)30(24(20)39-23(14)32-27-7-8-28-32)13-19(38-11-10-37-3)16-12-15(26)4-5-18(16)33;3-1-2-4;;/h5-6,8-9,13,19,21H,7,10-12,14-15H2,1,3-4H3;4-5,7-8,12,17,19,33H,6,9-11,13H2,1-3H3;1H2;2*1H4/t19-,21-;17-,19-;;;/m00.../s1. The van der Waals surface area contributed by atoms with Crippen LogP contribution in [0.4, 0.5) is 8.78 Å². The number of methoxy groups -OCH3 is 2. The van der Waals surface area contributed by atoms with E-state index in [-0.39, 0.29) is 106 Å². The van der Waals surface area contributed by atoms with Crippen LogP contribution in [0.25, 0.3) is 35.3 Å². The predicted molar refractivity (Wildman–Crippen MR) is 323 cm³/mol. The summed E-state index contributed by atoms with van der Waals surface area (Å²) in [6, 6.07) is 7.19. The zero-order valence-electron chi connectivity index (χ0n) is 46.7.